The molecule has 1 heterocycles. The molecule has 1 fully saturated rings. The Balaban J connectivity index is 1.92. The minimum Gasteiger partial charge on any atom is -0.381 e. The van der Waals surface area contributed by atoms with E-state index in [2.05, 4.69) is 10.6 Å². The van der Waals surface area contributed by atoms with Crippen LogP contribution in [-0.2, 0) is 4.74 Å². The lowest BCUT2D eigenvalue weighted by Gasteiger charge is -2.11. The van der Waals surface area contributed by atoms with Crippen LogP contribution in [0.5, 0.6) is 0 Å². The fourth-order valence-corrected chi connectivity index (χ4v) is 2.37. The van der Waals surface area contributed by atoms with Crippen LogP contribution in [0.3, 0.4) is 0 Å². The highest BCUT2D eigenvalue weighted by Crippen LogP contribution is 2.20. The average Bonchev–Trinajstić information content (AvgIpc) is 2.95. The van der Waals surface area contributed by atoms with Crippen LogP contribution in [0.1, 0.15) is 36.5 Å². The van der Waals surface area contributed by atoms with Gasteiger partial charge in [-0.2, -0.15) is 0 Å². The van der Waals surface area contributed by atoms with Crippen molar-refractivity contribution in [3.05, 3.63) is 29.3 Å². The molecular formula is C15H20F2N2O2. The number of hydrogen-bond donors (Lipinski definition) is 2. The van der Waals surface area contributed by atoms with Gasteiger partial charge in [0.05, 0.1) is 6.10 Å². The molecule has 116 valence electrons. The minimum absolute atomic E-state index is 0.0148. The normalized spacial score (nSPS) is 17.8. The van der Waals surface area contributed by atoms with Crippen molar-refractivity contribution in [3.8, 4) is 0 Å². The Morgan fingerprint density at radius 2 is 2.10 bits per heavy atom. The zero-order valence-electron chi connectivity index (χ0n) is 12.0. The molecule has 1 aliphatic heterocycles. The zero-order chi connectivity index (χ0) is 15.2. The van der Waals surface area contributed by atoms with Crippen molar-refractivity contribution in [3.63, 3.8) is 0 Å². The summed E-state index contributed by atoms with van der Waals surface area (Å²) in [6.07, 6.45) is 2.93. The van der Waals surface area contributed by atoms with E-state index in [1.807, 2.05) is 0 Å². The Kier molecular flexibility index (Phi) is 5.50. The van der Waals surface area contributed by atoms with Crippen LogP contribution in [0.15, 0.2) is 12.1 Å². The van der Waals surface area contributed by atoms with Crippen LogP contribution in [0.25, 0.3) is 0 Å². The summed E-state index contributed by atoms with van der Waals surface area (Å²) in [7, 11) is 0. The molecule has 0 bridgehead atoms. The van der Waals surface area contributed by atoms with Gasteiger partial charge in [0.1, 0.15) is 17.3 Å². The van der Waals surface area contributed by atoms with Gasteiger partial charge >= 0.3 is 0 Å². The van der Waals surface area contributed by atoms with Crippen LogP contribution >= 0.6 is 0 Å². The van der Waals surface area contributed by atoms with Crippen molar-refractivity contribution in [2.24, 2.45) is 0 Å². The molecule has 0 saturated carbocycles. The highest BCUT2D eigenvalue weighted by Gasteiger charge is 2.17. The molecule has 0 radical (unpaired) electrons. The third-order valence-corrected chi connectivity index (χ3v) is 3.43. The fourth-order valence-electron chi connectivity index (χ4n) is 2.37. The number of carbonyl (C=O) groups is 1. The number of rotatable bonds is 6. The number of benzene rings is 1. The van der Waals surface area contributed by atoms with Gasteiger partial charge in [0.2, 0.25) is 0 Å². The quantitative estimate of drug-likeness (QED) is 0.849. The first-order chi connectivity index (χ1) is 10.1. The number of carbonyl (C=O) groups excluding carboxylic acids is 1. The maximum Gasteiger partial charge on any atom is 0.251 e. The van der Waals surface area contributed by atoms with Gasteiger partial charge in [-0.3, -0.25) is 4.79 Å². The molecule has 21 heavy (non-hydrogen) atoms. The van der Waals surface area contributed by atoms with Crippen LogP contribution in [0, 0.1) is 11.6 Å². The molecule has 1 unspecified atom stereocenters. The van der Waals surface area contributed by atoms with Crippen molar-refractivity contribution < 1.29 is 18.3 Å². The first-order valence-corrected chi connectivity index (χ1v) is 7.24. The Bertz CT molecular complexity index is 479. The molecule has 1 aromatic rings. The molecule has 0 aromatic heterocycles. The van der Waals surface area contributed by atoms with Crippen LogP contribution in [0.2, 0.25) is 0 Å². The third kappa shape index (κ3) is 4.14. The SMILES string of the molecule is CCNc1c(F)cc(C(=O)NCCC2CCCO2)cc1F. The second-order valence-electron chi connectivity index (χ2n) is 5.02. The van der Waals surface area contributed by atoms with Crippen LogP contribution in [0.4, 0.5) is 14.5 Å². The molecule has 1 amide bonds. The van der Waals surface area contributed by atoms with Crippen molar-refractivity contribution in [1.29, 1.82) is 0 Å². The van der Waals surface area contributed by atoms with Crippen LogP contribution in [-0.4, -0.2) is 31.7 Å². The van der Waals surface area contributed by atoms with E-state index in [0.29, 0.717) is 19.5 Å². The second-order valence-corrected chi connectivity index (χ2v) is 5.02. The maximum atomic E-state index is 13.7. The fraction of sp³-hybridized carbons (Fsp3) is 0.533. The van der Waals surface area contributed by atoms with Gasteiger partial charge in [-0.15, -0.1) is 0 Å². The topological polar surface area (TPSA) is 50.4 Å². The van der Waals surface area contributed by atoms with Gasteiger partial charge in [-0.05, 0) is 38.3 Å². The van der Waals surface area contributed by atoms with Crippen molar-refractivity contribution in [1.82, 2.24) is 5.32 Å². The lowest BCUT2D eigenvalue weighted by Crippen LogP contribution is -2.27. The number of halogens is 2. The summed E-state index contributed by atoms with van der Waals surface area (Å²) in [5, 5.41) is 5.25. The molecule has 0 aliphatic carbocycles. The van der Waals surface area contributed by atoms with E-state index < -0.39 is 17.5 Å². The lowest BCUT2D eigenvalue weighted by molar-refractivity contribution is 0.0906. The molecule has 1 saturated heterocycles. The predicted molar refractivity (Wildman–Crippen MR) is 76.4 cm³/mol. The Morgan fingerprint density at radius 1 is 1.38 bits per heavy atom. The summed E-state index contributed by atoms with van der Waals surface area (Å²) < 4.78 is 32.9. The first-order valence-electron chi connectivity index (χ1n) is 7.24. The molecule has 2 N–H and O–H groups in total. The number of nitrogens with one attached hydrogen (secondary N) is 2. The van der Waals surface area contributed by atoms with E-state index in [-0.39, 0.29) is 17.4 Å². The Morgan fingerprint density at radius 3 is 2.67 bits per heavy atom. The molecular weight excluding hydrogens is 278 g/mol. The van der Waals surface area contributed by atoms with Gasteiger partial charge in [-0.1, -0.05) is 0 Å². The van der Waals surface area contributed by atoms with Gasteiger partial charge in [-0.25, -0.2) is 8.78 Å². The maximum absolute atomic E-state index is 13.7. The molecule has 1 aliphatic rings. The number of amides is 1. The van der Waals surface area contributed by atoms with Gasteiger partial charge in [0, 0.05) is 25.3 Å². The van der Waals surface area contributed by atoms with E-state index in [1.165, 1.54) is 0 Å². The van der Waals surface area contributed by atoms with Gasteiger partial charge < -0.3 is 15.4 Å². The largest absolute Gasteiger partial charge is 0.381 e. The molecule has 4 nitrogen and oxygen atoms in total. The summed E-state index contributed by atoms with van der Waals surface area (Å²) >= 11 is 0. The smallest absolute Gasteiger partial charge is 0.251 e. The molecule has 0 spiro atoms. The van der Waals surface area contributed by atoms with E-state index in [4.69, 9.17) is 4.74 Å². The summed E-state index contributed by atoms with van der Waals surface area (Å²) in [5.41, 5.74) is -0.215. The summed E-state index contributed by atoms with van der Waals surface area (Å²) in [4.78, 5) is 11.9. The minimum atomic E-state index is -0.763. The van der Waals surface area contributed by atoms with Crippen molar-refractivity contribution >= 4 is 11.6 Å². The average molecular weight is 298 g/mol. The van der Waals surface area contributed by atoms with Crippen molar-refractivity contribution in [2.75, 3.05) is 25.0 Å². The highest BCUT2D eigenvalue weighted by atomic mass is 19.1. The summed E-state index contributed by atoms with van der Waals surface area (Å²) in [5.74, 6) is -2.00. The standard InChI is InChI=1S/C15H20F2N2O2/c1-2-18-14-12(16)8-10(9-13(14)17)15(20)19-6-5-11-4-3-7-21-11/h8-9,11,18H,2-7H2,1H3,(H,19,20). The predicted octanol–water partition coefficient (Wildman–Crippen LogP) is 2.70. The van der Waals surface area contributed by atoms with Gasteiger partial charge in [0.25, 0.3) is 5.91 Å². The number of hydrogen-bond acceptors (Lipinski definition) is 3. The highest BCUT2D eigenvalue weighted by molar-refractivity contribution is 5.94. The summed E-state index contributed by atoms with van der Waals surface area (Å²) in [6, 6.07) is 2.09. The molecule has 1 aromatic carbocycles. The molecule has 6 heteroatoms. The zero-order valence-corrected chi connectivity index (χ0v) is 12.0. The van der Waals surface area contributed by atoms with Gasteiger partial charge in [0.15, 0.2) is 0 Å². The second kappa shape index (κ2) is 7.36. The molecule has 2 rings (SSSR count). The van der Waals surface area contributed by atoms with E-state index in [0.717, 1.165) is 31.6 Å². The third-order valence-electron chi connectivity index (χ3n) is 3.43. The van der Waals surface area contributed by atoms with E-state index >= 15 is 0 Å². The Labute approximate surface area is 122 Å². The van der Waals surface area contributed by atoms with Crippen LogP contribution < -0.4 is 10.6 Å². The monoisotopic (exact) mass is 298 g/mol. The number of ether oxygens (including phenoxy) is 1. The summed E-state index contributed by atoms with van der Waals surface area (Å²) in [6.45, 7) is 3.34. The van der Waals surface area contributed by atoms with E-state index in [1.54, 1.807) is 6.92 Å². The van der Waals surface area contributed by atoms with Crippen molar-refractivity contribution in [2.45, 2.75) is 32.3 Å². The van der Waals surface area contributed by atoms with E-state index in [9.17, 15) is 13.6 Å². The number of anilines is 1. The Hall–Kier alpha value is -1.69. The first kappa shape index (κ1) is 15.7. The molecule has 1 atom stereocenters. The lowest BCUT2D eigenvalue weighted by atomic mass is 10.1.